The van der Waals surface area contributed by atoms with Crippen LogP contribution in [0.5, 0.6) is 0 Å². The molecule has 1 aromatic heterocycles. The minimum Gasteiger partial charge on any atom is -0.328 e. The number of nitrogens with one attached hydrogen (secondary N) is 2. The van der Waals surface area contributed by atoms with Crippen molar-refractivity contribution in [2.24, 2.45) is 0 Å². The molecule has 1 heterocycles. The second kappa shape index (κ2) is 9.04. The first-order valence-corrected chi connectivity index (χ1v) is 10.7. The quantitative estimate of drug-likeness (QED) is 0.402. The van der Waals surface area contributed by atoms with Crippen LogP contribution in [-0.2, 0) is 19.4 Å². The molecule has 0 saturated carbocycles. The number of benzene rings is 3. The van der Waals surface area contributed by atoms with E-state index in [1.807, 2.05) is 44.2 Å². The van der Waals surface area contributed by atoms with Crippen LogP contribution in [0.3, 0.4) is 0 Å². The van der Waals surface area contributed by atoms with Gasteiger partial charge in [-0.05, 0) is 80.3 Å². The Morgan fingerprint density at radius 3 is 2.26 bits per heavy atom. The maximum absolute atomic E-state index is 12.3. The largest absolute Gasteiger partial charge is 0.328 e. The van der Waals surface area contributed by atoms with E-state index in [9.17, 15) is 4.79 Å². The van der Waals surface area contributed by atoms with Gasteiger partial charge in [-0.15, -0.1) is 0 Å². The van der Waals surface area contributed by atoms with Crippen molar-refractivity contribution >= 4 is 28.4 Å². The first kappa shape index (κ1) is 20.7. The molecule has 0 spiro atoms. The standard InChI is InChI=1S/C26H28N4O/c1-4-30-24-8-6-5-7-23(24)29-25(30)14-11-20-9-12-21(13-10-20)27-26(31)28-22-16-18(2)15-19(3)17-22/h5-10,12-13,15-17H,4,11,14H2,1-3H3,(H2,27,28,31). The molecule has 0 atom stereocenters. The smallest absolute Gasteiger partial charge is 0.323 e. The highest BCUT2D eigenvalue weighted by Gasteiger charge is 2.09. The molecular formula is C26H28N4O. The van der Waals surface area contributed by atoms with Gasteiger partial charge in [0.05, 0.1) is 11.0 Å². The summed E-state index contributed by atoms with van der Waals surface area (Å²) < 4.78 is 2.28. The van der Waals surface area contributed by atoms with Crippen LogP contribution >= 0.6 is 0 Å². The van der Waals surface area contributed by atoms with Crippen LogP contribution in [0.25, 0.3) is 11.0 Å². The Bertz CT molecular complexity index is 1190. The van der Waals surface area contributed by atoms with Crippen molar-refractivity contribution in [2.45, 2.75) is 40.2 Å². The van der Waals surface area contributed by atoms with Gasteiger partial charge in [-0.1, -0.05) is 30.3 Å². The highest BCUT2D eigenvalue weighted by Crippen LogP contribution is 2.19. The van der Waals surface area contributed by atoms with Crippen molar-refractivity contribution in [3.8, 4) is 0 Å². The molecule has 5 heteroatoms. The Morgan fingerprint density at radius 1 is 0.871 bits per heavy atom. The molecule has 4 rings (SSSR count). The summed E-state index contributed by atoms with van der Waals surface area (Å²) in [6, 6.07) is 22.0. The number of hydrogen-bond donors (Lipinski definition) is 2. The fourth-order valence-electron chi connectivity index (χ4n) is 4.02. The SMILES string of the molecule is CCn1c(CCc2ccc(NC(=O)Nc3cc(C)cc(C)c3)cc2)nc2ccccc21. The van der Waals surface area contributed by atoms with Gasteiger partial charge in [-0.25, -0.2) is 9.78 Å². The predicted molar refractivity (Wildman–Crippen MR) is 128 cm³/mol. The van der Waals surface area contributed by atoms with Crippen molar-refractivity contribution in [2.75, 3.05) is 10.6 Å². The molecule has 0 unspecified atom stereocenters. The van der Waals surface area contributed by atoms with Crippen molar-refractivity contribution < 1.29 is 4.79 Å². The van der Waals surface area contributed by atoms with Crippen LogP contribution < -0.4 is 10.6 Å². The number of hydrogen-bond acceptors (Lipinski definition) is 2. The number of urea groups is 1. The molecule has 0 aliphatic rings. The number of carbonyl (C=O) groups is 1. The zero-order chi connectivity index (χ0) is 21.8. The van der Waals surface area contributed by atoms with Gasteiger partial charge in [-0.3, -0.25) is 0 Å². The second-order valence-electron chi connectivity index (χ2n) is 7.91. The van der Waals surface area contributed by atoms with Gasteiger partial charge < -0.3 is 15.2 Å². The van der Waals surface area contributed by atoms with Crippen molar-refractivity contribution in [1.29, 1.82) is 0 Å². The summed E-state index contributed by atoms with van der Waals surface area (Å²) in [6.45, 7) is 7.10. The molecule has 0 aliphatic carbocycles. The van der Waals surface area contributed by atoms with E-state index < -0.39 is 0 Å². The Hall–Kier alpha value is -3.60. The number of carbonyl (C=O) groups excluding carboxylic acids is 1. The minimum absolute atomic E-state index is 0.241. The van der Waals surface area contributed by atoms with E-state index >= 15 is 0 Å². The van der Waals surface area contributed by atoms with Crippen LogP contribution in [0.4, 0.5) is 16.2 Å². The summed E-state index contributed by atoms with van der Waals surface area (Å²) >= 11 is 0. The Kier molecular flexibility index (Phi) is 6.03. The average Bonchev–Trinajstić information content (AvgIpc) is 3.10. The lowest BCUT2D eigenvalue weighted by Gasteiger charge is -2.10. The number of fused-ring (bicyclic) bond motifs is 1. The first-order chi connectivity index (χ1) is 15.0. The number of aromatic nitrogens is 2. The molecule has 4 aromatic rings. The topological polar surface area (TPSA) is 59.0 Å². The molecular weight excluding hydrogens is 384 g/mol. The summed E-state index contributed by atoms with van der Waals surface area (Å²) in [5.74, 6) is 1.11. The van der Waals surface area contributed by atoms with E-state index in [1.54, 1.807) is 0 Å². The first-order valence-electron chi connectivity index (χ1n) is 10.7. The normalized spacial score (nSPS) is 10.9. The van der Waals surface area contributed by atoms with E-state index in [4.69, 9.17) is 4.98 Å². The van der Waals surface area contributed by atoms with E-state index in [1.165, 1.54) is 11.1 Å². The third-order valence-electron chi connectivity index (χ3n) is 5.38. The van der Waals surface area contributed by atoms with Gasteiger partial charge in [0.1, 0.15) is 5.82 Å². The molecule has 2 N–H and O–H groups in total. The molecule has 158 valence electrons. The number of rotatable bonds is 6. The molecule has 5 nitrogen and oxygen atoms in total. The zero-order valence-corrected chi connectivity index (χ0v) is 18.3. The van der Waals surface area contributed by atoms with Crippen LogP contribution in [0, 0.1) is 13.8 Å². The molecule has 0 radical (unpaired) electrons. The molecule has 0 aliphatic heterocycles. The number of anilines is 2. The average molecular weight is 413 g/mol. The highest BCUT2D eigenvalue weighted by molar-refractivity contribution is 5.99. The second-order valence-corrected chi connectivity index (χ2v) is 7.91. The zero-order valence-electron chi connectivity index (χ0n) is 18.3. The highest BCUT2D eigenvalue weighted by atomic mass is 16.2. The fourth-order valence-corrected chi connectivity index (χ4v) is 4.02. The van der Waals surface area contributed by atoms with Gasteiger partial charge >= 0.3 is 6.03 Å². The molecule has 3 aromatic carbocycles. The Morgan fingerprint density at radius 2 is 1.55 bits per heavy atom. The summed E-state index contributed by atoms with van der Waals surface area (Å²) in [4.78, 5) is 17.1. The summed E-state index contributed by atoms with van der Waals surface area (Å²) in [5.41, 5.74) is 7.27. The number of para-hydroxylation sites is 2. The lowest BCUT2D eigenvalue weighted by atomic mass is 10.1. The third kappa shape index (κ3) is 4.94. The van der Waals surface area contributed by atoms with E-state index in [-0.39, 0.29) is 6.03 Å². The van der Waals surface area contributed by atoms with E-state index in [2.05, 4.69) is 58.5 Å². The van der Waals surface area contributed by atoms with Crippen molar-refractivity contribution in [3.05, 3.63) is 89.2 Å². The summed E-state index contributed by atoms with van der Waals surface area (Å²) in [6.07, 6.45) is 1.78. The van der Waals surface area contributed by atoms with Crippen LogP contribution in [0.15, 0.2) is 66.7 Å². The summed E-state index contributed by atoms with van der Waals surface area (Å²) in [5, 5.41) is 5.80. The molecule has 0 fully saturated rings. The Labute approximate surface area is 183 Å². The van der Waals surface area contributed by atoms with Gasteiger partial charge in [0.2, 0.25) is 0 Å². The van der Waals surface area contributed by atoms with Gasteiger partial charge in [0.25, 0.3) is 0 Å². The lowest BCUT2D eigenvalue weighted by molar-refractivity contribution is 0.262. The molecule has 0 bridgehead atoms. The minimum atomic E-state index is -0.241. The van der Waals surface area contributed by atoms with Crippen molar-refractivity contribution in [3.63, 3.8) is 0 Å². The predicted octanol–water partition coefficient (Wildman–Crippen LogP) is 6.10. The molecule has 2 amide bonds. The monoisotopic (exact) mass is 412 g/mol. The van der Waals surface area contributed by atoms with Crippen molar-refractivity contribution in [1.82, 2.24) is 9.55 Å². The maximum Gasteiger partial charge on any atom is 0.323 e. The fraction of sp³-hybridized carbons (Fsp3) is 0.231. The third-order valence-corrected chi connectivity index (χ3v) is 5.38. The number of amides is 2. The van der Waals surface area contributed by atoms with Crippen LogP contribution in [0.2, 0.25) is 0 Å². The lowest BCUT2D eigenvalue weighted by Crippen LogP contribution is -2.19. The maximum atomic E-state index is 12.3. The molecule has 0 saturated heterocycles. The Balaban J connectivity index is 1.37. The van der Waals surface area contributed by atoms with E-state index in [0.717, 1.165) is 53.2 Å². The number of aryl methyl sites for hydroxylation is 5. The summed E-state index contributed by atoms with van der Waals surface area (Å²) in [7, 11) is 0. The van der Waals surface area contributed by atoms with Gasteiger partial charge in [-0.2, -0.15) is 0 Å². The number of nitrogens with zero attached hydrogens (tertiary/aromatic N) is 2. The van der Waals surface area contributed by atoms with E-state index in [0.29, 0.717) is 0 Å². The van der Waals surface area contributed by atoms with Crippen LogP contribution in [-0.4, -0.2) is 15.6 Å². The van der Waals surface area contributed by atoms with Crippen LogP contribution in [0.1, 0.15) is 29.4 Å². The van der Waals surface area contributed by atoms with Gasteiger partial charge in [0, 0.05) is 24.3 Å². The number of imidazole rings is 1. The molecule has 31 heavy (non-hydrogen) atoms. The van der Waals surface area contributed by atoms with Gasteiger partial charge in [0.15, 0.2) is 0 Å².